The SMILES string of the molecule is C#CCCCCNS(=O)(=O)c1cc(Br)cc(C(=O)O)c1F. The molecule has 0 fully saturated rings. The summed E-state index contributed by atoms with van der Waals surface area (Å²) in [4.78, 5) is 10.2. The minimum absolute atomic E-state index is 0.0956. The average molecular weight is 378 g/mol. The van der Waals surface area contributed by atoms with Gasteiger partial charge in [0, 0.05) is 17.4 Å². The quantitative estimate of drug-likeness (QED) is 0.564. The third kappa shape index (κ3) is 4.81. The highest BCUT2D eigenvalue weighted by molar-refractivity contribution is 9.10. The van der Waals surface area contributed by atoms with Gasteiger partial charge in [-0.05, 0) is 25.0 Å². The van der Waals surface area contributed by atoms with Crippen molar-refractivity contribution in [2.24, 2.45) is 0 Å². The summed E-state index contributed by atoms with van der Waals surface area (Å²) < 4.78 is 40.4. The Morgan fingerprint density at radius 3 is 2.67 bits per heavy atom. The van der Waals surface area contributed by atoms with Crippen molar-refractivity contribution in [1.82, 2.24) is 4.72 Å². The topological polar surface area (TPSA) is 83.5 Å². The van der Waals surface area contributed by atoms with Gasteiger partial charge in [-0.2, -0.15) is 0 Å². The highest BCUT2D eigenvalue weighted by Crippen LogP contribution is 2.24. The summed E-state index contributed by atoms with van der Waals surface area (Å²) in [6.45, 7) is 0.0956. The summed E-state index contributed by atoms with van der Waals surface area (Å²) in [7, 11) is -4.13. The number of halogens is 2. The Hall–Kier alpha value is -1.43. The summed E-state index contributed by atoms with van der Waals surface area (Å²) in [6, 6.07) is 2.02. The molecular formula is C13H13BrFNO4S. The van der Waals surface area contributed by atoms with Crippen LogP contribution in [0.1, 0.15) is 29.6 Å². The van der Waals surface area contributed by atoms with Crippen LogP contribution in [-0.2, 0) is 10.0 Å². The van der Waals surface area contributed by atoms with E-state index in [0.29, 0.717) is 19.3 Å². The molecule has 0 unspecified atom stereocenters. The molecule has 0 saturated heterocycles. The number of hydrogen-bond acceptors (Lipinski definition) is 3. The Morgan fingerprint density at radius 1 is 1.43 bits per heavy atom. The smallest absolute Gasteiger partial charge is 0.338 e. The Kier molecular flexibility index (Phi) is 6.33. The van der Waals surface area contributed by atoms with Crippen LogP contribution < -0.4 is 4.72 Å². The fourth-order valence-electron chi connectivity index (χ4n) is 1.55. The van der Waals surface area contributed by atoms with E-state index < -0.39 is 32.3 Å². The second kappa shape index (κ2) is 7.54. The summed E-state index contributed by atoms with van der Waals surface area (Å²) in [5.41, 5.74) is -0.711. The van der Waals surface area contributed by atoms with E-state index in [1.54, 1.807) is 0 Å². The molecular weight excluding hydrogens is 365 g/mol. The highest BCUT2D eigenvalue weighted by atomic mass is 79.9. The van der Waals surface area contributed by atoms with E-state index in [1.807, 2.05) is 0 Å². The van der Waals surface area contributed by atoms with E-state index in [1.165, 1.54) is 0 Å². The number of hydrogen-bond donors (Lipinski definition) is 2. The lowest BCUT2D eigenvalue weighted by Gasteiger charge is -2.09. The van der Waals surface area contributed by atoms with Crippen LogP contribution in [-0.4, -0.2) is 26.0 Å². The number of unbranched alkanes of at least 4 members (excludes halogenated alkanes) is 2. The number of sulfonamides is 1. The van der Waals surface area contributed by atoms with Crippen molar-refractivity contribution in [1.29, 1.82) is 0 Å². The number of terminal acetylenes is 1. The van der Waals surface area contributed by atoms with Crippen molar-refractivity contribution in [2.75, 3.05) is 6.54 Å². The molecule has 0 atom stereocenters. The number of aromatic carboxylic acids is 1. The lowest BCUT2D eigenvalue weighted by molar-refractivity contribution is 0.0691. The zero-order valence-electron chi connectivity index (χ0n) is 10.9. The van der Waals surface area contributed by atoms with Crippen LogP contribution in [0.4, 0.5) is 4.39 Å². The van der Waals surface area contributed by atoms with Gasteiger partial charge < -0.3 is 5.11 Å². The fraction of sp³-hybridized carbons (Fsp3) is 0.308. The monoisotopic (exact) mass is 377 g/mol. The van der Waals surface area contributed by atoms with Crippen LogP contribution in [0, 0.1) is 18.2 Å². The zero-order chi connectivity index (χ0) is 16.0. The van der Waals surface area contributed by atoms with Crippen LogP contribution in [0.2, 0.25) is 0 Å². The molecule has 21 heavy (non-hydrogen) atoms. The fourth-order valence-corrected chi connectivity index (χ4v) is 3.36. The first-order valence-electron chi connectivity index (χ1n) is 5.95. The molecule has 5 nitrogen and oxygen atoms in total. The van der Waals surface area contributed by atoms with Crippen molar-refractivity contribution in [3.05, 3.63) is 28.0 Å². The van der Waals surface area contributed by atoms with Gasteiger partial charge in [-0.3, -0.25) is 0 Å². The minimum Gasteiger partial charge on any atom is -0.478 e. The summed E-state index contributed by atoms with van der Waals surface area (Å²) in [5.74, 6) is -0.407. The van der Waals surface area contributed by atoms with Crippen molar-refractivity contribution >= 4 is 31.9 Å². The first kappa shape index (κ1) is 17.6. The van der Waals surface area contributed by atoms with E-state index >= 15 is 0 Å². The summed E-state index contributed by atoms with van der Waals surface area (Å²) >= 11 is 2.97. The number of benzene rings is 1. The summed E-state index contributed by atoms with van der Waals surface area (Å²) in [5, 5.41) is 8.86. The average Bonchev–Trinajstić information content (AvgIpc) is 2.40. The molecule has 1 rings (SSSR count). The Labute approximate surface area is 130 Å². The van der Waals surface area contributed by atoms with Crippen LogP contribution in [0.3, 0.4) is 0 Å². The maximum Gasteiger partial charge on any atom is 0.338 e. The first-order chi connectivity index (χ1) is 9.79. The highest BCUT2D eigenvalue weighted by Gasteiger charge is 2.24. The predicted molar refractivity (Wildman–Crippen MR) is 78.9 cm³/mol. The van der Waals surface area contributed by atoms with E-state index in [2.05, 4.69) is 26.6 Å². The molecule has 2 N–H and O–H groups in total. The second-order valence-electron chi connectivity index (χ2n) is 4.13. The number of rotatable bonds is 7. The van der Waals surface area contributed by atoms with Gasteiger partial charge in [0.05, 0.1) is 5.56 Å². The van der Waals surface area contributed by atoms with Crippen molar-refractivity contribution in [3.8, 4) is 12.3 Å². The minimum atomic E-state index is -4.13. The first-order valence-corrected chi connectivity index (χ1v) is 8.22. The van der Waals surface area contributed by atoms with E-state index in [0.717, 1.165) is 12.1 Å². The van der Waals surface area contributed by atoms with Crippen LogP contribution >= 0.6 is 15.9 Å². The molecule has 0 radical (unpaired) electrons. The lowest BCUT2D eigenvalue weighted by Crippen LogP contribution is -2.26. The second-order valence-corrected chi connectivity index (χ2v) is 6.78. The third-order valence-electron chi connectivity index (χ3n) is 2.56. The van der Waals surface area contributed by atoms with E-state index in [4.69, 9.17) is 11.5 Å². The van der Waals surface area contributed by atoms with Crippen LogP contribution in [0.15, 0.2) is 21.5 Å². The Morgan fingerprint density at radius 2 is 2.10 bits per heavy atom. The van der Waals surface area contributed by atoms with Crippen LogP contribution in [0.25, 0.3) is 0 Å². The third-order valence-corrected chi connectivity index (χ3v) is 4.48. The number of carbonyl (C=O) groups is 1. The molecule has 0 amide bonds. The molecule has 0 aliphatic rings. The maximum absolute atomic E-state index is 14.0. The van der Waals surface area contributed by atoms with Gasteiger partial charge in [0.15, 0.2) is 5.82 Å². The molecule has 0 aromatic heterocycles. The van der Waals surface area contributed by atoms with Crippen molar-refractivity contribution in [2.45, 2.75) is 24.2 Å². The van der Waals surface area contributed by atoms with Crippen molar-refractivity contribution < 1.29 is 22.7 Å². The molecule has 0 aliphatic heterocycles. The van der Waals surface area contributed by atoms with Gasteiger partial charge in [-0.1, -0.05) is 15.9 Å². The lowest BCUT2D eigenvalue weighted by atomic mass is 10.2. The number of carboxylic acid groups (broad SMARTS) is 1. The summed E-state index contributed by atoms with van der Waals surface area (Å²) in [6.07, 6.45) is 6.74. The van der Waals surface area contributed by atoms with Gasteiger partial charge in [0.2, 0.25) is 10.0 Å². The number of carboxylic acids is 1. The Bertz CT molecular complexity index is 682. The van der Waals surface area contributed by atoms with Gasteiger partial charge >= 0.3 is 5.97 Å². The van der Waals surface area contributed by atoms with Crippen LogP contribution in [0.5, 0.6) is 0 Å². The number of nitrogens with one attached hydrogen (secondary N) is 1. The molecule has 114 valence electrons. The van der Waals surface area contributed by atoms with Gasteiger partial charge in [-0.25, -0.2) is 22.3 Å². The maximum atomic E-state index is 14.0. The molecule has 0 saturated carbocycles. The molecule has 0 heterocycles. The molecule has 0 aliphatic carbocycles. The normalized spacial score (nSPS) is 11.1. The molecule has 1 aromatic carbocycles. The van der Waals surface area contributed by atoms with Crippen molar-refractivity contribution in [3.63, 3.8) is 0 Å². The standard InChI is InChI=1S/C13H13BrFNO4S/c1-2-3-4-5-6-16-21(19,20)11-8-9(14)7-10(12(11)15)13(17)18/h1,7-8,16H,3-6H2,(H,17,18). The molecule has 8 heteroatoms. The largest absolute Gasteiger partial charge is 0.478 e. The van der Waals surface area contributed by atoms with E-state index in [9.17, 15) is 17.6 Å². The zero-order valence-corrected chi connectivity index (χ0v) is 13.3. The van der Waals surface area contributed by atoms with E-state index in [-0.39, 0.29) is 11.0 Å². The van der Waals surface area contributed by atoms with Gasteiger partial charge in [0.1, 0.15) is 4.90 Å². The molecule has 0 spiro atoms. The predicted octanol–water partition coefficient (Wildman–Crippen LogP) is 2.37. The van der Waals surface area contributed by atoms with Gasteiger partial charge in [-0.15, -0.1) is 12.3 Å². The molecule has 1 aromatic rings. The van der Waals surface area contributed by atoms with Gasteiger partial charge in [0.25, 0.3) is 0 Å². The molecule has 0 bridgehead atoms. The Balaban J connectivity index is 2.98.